The molecule has 1 rings (SSSR count). The van der Waals surface area contributed by atoms with Crippen LogP contribution >= 0.6 is 0 Å². The Balaban J connectivity index is 2.69. The number of Topliss-reactive ketones (excluding diaryl/α,β-unsaturated/α-hetero) is 2. The molecule has 0 spiro atoms. The van der Waals surface area contributed by atoms with Crippen LogP contribution in [0, 0.1) is 0 Å². The summed E-state index contributed by atoms with van der Waals surface area (Å²) >= 11 is 0. The number of nitrogens with one attached hydrogen (secondary N) is 1. The van der Waals surface area contributed by atoms with E-state index in [2.05, 4.69) is 5.32 Å². The van der Waals surface area contributed by atoms with Crippen LogP contribution in [0.4, 0.5) is 0 Å². The Bertz CT molecular complexity index is 617. The van der Waals surface area contributed by atoms with Crippen LogP contribution in [0.15, 0.2) is 22.9 Å². The van der Waals surface area contributed by atoms with Gasteiger partial charge in [-0.25, -0.2) is 0 Å². The van der Waals surface area contributed by atoms with Gasteiger partial charge in [-0.2, -0.15) is 0 Å². The minimum atomic E-state index is -0.954. The molecule has 0 heterocycles. The van der Waals surface area contributed by atoms with E-state index in [1.54, 1.807) is 0 Å². The number of carboxylic acid groups (broad SMARTS) is 1. The van der Waals surface area contributed by atoms with Gasteiger partial charge in [0, 0.05) is 19.4 Å². The zero-order valence-corrected chi connectivity index (χ0v) is 13.4. The molecule has 0 saturated heterocycles. The number of ether oxygens (including phenoxy) is 2. The van der Waals surface area contributed by atoms with Crippen LogP contribution < -0.4 is 5.32 Å². The molecule has 0 unspecified atom stereocenters. The van der Waals surface area contributed by atoms with Crippen molar-refractivity contribution in [2.45, 2.75) is 25.7 Å². The van der Waals surface area contributed by atoms with Gasteiger partial charge in [0.2, 0.25) is 23.2 Å². The van der Waals surface area contributed by atoms with Gasteiger partial charge in [0.1, 0.15) is 0 Å². The van der Waals surface area contributed by atoms with Crippen molar-refractivity contribution in [3.63, 3.8) is 0 Å². The highest BCUT2D eigenvalue weighted by Gasteiger charge is 2.36. The molecule has 0 aromatic heterocycles. The third kappa shape index (κ3) is 4.58. The van der Waals surface area contributed by atoms with E-state index in [1.807, 2.05) is 0 Å². The molecule has 0 bridgehead atoms. The number of aliphatic hydroxyl groups is 1. The molecule has 9 nitrogen and oxygen atoms in total. The fraction of sp³-hybridized carbons (Fsp3) is 0.467. The van der Waals surface area contributed by atoms with Gasteiger partial charge in [0.15, 0.2) is 5.76 Å². The predicted octanol–water partition coefficient (Wildman–Crippen LogP) is 0.216. The van der Waals surface area contributed by atoms with Crippen LogP contribution in [0.5, 0.6) is 0 Å². The van der Waals surface area contributed by atoms with E-state index < -0.39 is 35.0 Å². The second kappa shape index (κ2) is 8.70. The molecule has 132 valence electrons. The van der Waals surface area contributed by atoms with Gasteiger partial charge in [-0.1, -0.05) is 0 Å². The molecule has 0 aromatic rings. The number of allylic oxidation sites excluding steroid dienone is 1. The minimum absolute atomic E-state index is 0.0576. The van der Waals surface area contributed by atoms with Gasteiger partial charge in [-0.3, -0.25) is 19.2 Å². The lowest BCUT2D eigenvalue weighted by Gasteiger charge is -2.19. The summed E-state index contributed by atoms with van der Waals surface area (Å²) in [5, 5.41) is 20.6. The van der Waals surface area contributed by atoms with Crippen molar-refractivity contribution < 1.29 is 38.9 Å². The van der Waals surface area contributed by atoms with Crippen molar-refractivity contribution >= 4 is 23.4 Å². The SMILES string of the molecule is COC1=C(O)C(=O)C(OC)=C(CCC(=O)NCCCC(=O)O)C1=O. The normalized spacial score (nSPS) is 14.8. The van der Waals surface area contributed by atoms with Crippen LogP contribution in [-0.2, 0) is 28.7 Å². The summed E-state index contributed by atoms with van der Waals surface area (Å²) in [6.07, 6.45) is 0.0349. The number of rotatable bonds is 9. The largest absolute Gasteiger partial charge is 0.501 e. The zero-order valence-electron chi connectivity index (χ0n) is 13.4. The Hall–Kier alpha value is -2.84. The number of methoxy groups -OCH3 is 2. The second-order valence-electron chi connectivity index (χ2n) is 4.90. The summed E-state index contributed by atoms with van der Waals surface area (Å²) in [4.78, 5) is 46.2. The number of ketones is 2. The Kier molecular flexibility index (Phi) is 6.97. The quantitative estimate of drug-likeness (QED) is 0.400. The standard InChI is InChI=1S/C15H19NO8/c1-23-14-8(11(20)15(24-2)13(22)12(14)21)5-6-9(17)16-7-3-4-10(18)19/h22H,3-7H2,1-2H3,(H,16,17)(H,18,19). The van der Waals surface area contributed by atoms with Gasteiger partial charge in [-0.15, -0.1) is 0 Å². The first-order chi connectivity index (χ1) is 11.3. The van der Waals surface area contributed by atoms with Crippen LogP contribution in [0.2, 0.25) is 0 Å². The summed E-state index contributed by atoms with van der Waals surface area (Å²) in [6, 6.07) is 0. The number of aliphatic hydroxyl groups excluding tert-OH is 1. The van der Waals surface area contributed by atoms with Crippen molar-refractivity contribution in [1.29, 1.82) is 0 Å². The number of carbonyl (C=O) groups excluding carboxylic acids is 3. The summed E-state index contributed by atoms with van der Waals surface area (Å²) < 4.78 is 9.60. The lowest BCUT2D eigenvalue weighted by molar-refractivity contribution is -0.137. The highest BCUT2D eigenvalue weighted by Crippen LogP contribution is 2.27. The number of carboxylic acids is 1. The predicted molar refractivity (Wildman–Crippen MR) is 79.8 cm³/mol. The maximum absolute atomic E-state index is 12.2. The molecular weight excluding hydrogens is 322 g/mol. The number of amides is 1. The van der Waals surface area contributed by atoms with Crippen molar-refractivity contribution in [2.75, 3.05) is 20.8 Å². The van der Waals surface area contributed by atoms with Gasteiger partial charge in [0.25, 0.3) is 5.78 Å². The van der Waals surface area contributed by atoms with E-state index in [0.717, 1.165) is 7.11 Å². The topological polar surface area (TPSA) is 139 Å². The number of aliphatic carboxylic acids is 1. The molecule has 24 heavy (non-hydrogen) atoms. The van der Waals surface area contributed by atoms with E-state index in [4.69, 9.17) is 14.6 Å². The van der Waals surface area contributed by atoms with Gasteiger partial charge >= 0.3 is 5.97 Å². The molecule has 0 saturated carbocycles. The lowest BCUT2D eigenvalue weighted by Crippen LogP contribution is -2.28. The first-order valence-electron chi connectivity index (χ1n) is 7.15. The minimum Gasteiger partial charge on any atom is -0.501 e. The van der Waals surface area contributed by atoms with Crippen LogP contribution in [0.25, 0.3) is 0 Å². The lowest BCUT2D eigenvalue weighted by atomic mass is 9.94. The average molecular weight is 341 g/mol. The first kappa shape index (κ1) is 19.2. The van der Waals surface area contributed by atoms with Crippen LogP contribution in [0.3, 0.4) is 0 Å². The van der Waals surface area contributed by atoms with Gasteiger partial charge < -0.3 is 25.0 Å². The first-order valence-corrected chi connectivity index (χ1v) is 7.15. The highest BCUT2D eigenvalue weighted by atomic mass is 16.5. The Morgan fingerprint density at radius 2 is 1.67 bits per heavy atom. The third-order valence-electron chi connectivity index (χ3n) is 3.29. The third-order valence-corrected chi connectivity index (χ3v) is 3.29. The van der Waals surface area contributed by atoms with Crippen LogP contribution in [0.1, 0.15) is 25.7 Å². The van der Waals surface area contributed by atoms with E-state index in [-0.39, 0.29) is 43.6 Å². The Labute approximate surface area is 137 Å². The molecule has 1 aliphatic rings. The van der Waals surface area contributed by atoms with Crippen molar-refractivity contribution in [3.05, 3.63) is 22.9 Å². The van der Waals surface area contributed by atoms with E-state index >= 15 is 0 Å². The summed E-state index contributed by atoms with van der Waals surface area (Å²) in [5.74, 6) is -4.60. The monoisotopic (exact) mass is 341 g/mol. The number of carbonyl (C=O) groups is 4. The summed E-state index contributed by atoms with van der Waals surface area (Å²) in [7, 11) is 2.32. The smallest absolute Gasteiger partial charge is 0.303 e. The summed E-state index contributed by atoms with van der Waals surface area (Å²) in [6.45, 7) is 0.193. The Morgan fingerprint density at radius 1 is 1.04 bits per heavy atom. The molecule has 3 N–H and O–H groups in total. The maximum Gasteiger partial charge on any atom is 0.303 e. The van der Waals surface area contributed by atoms with Crippen molar-refractivity contribution in [1.82, 2.24) is 5.32 Å². The highest BCUT2D eigenvalue weighted by molar-refractivity contribution is 6.22. The van der Waals surface area contributed by atoms with Crippen LogP contribution in [-0.4, -0.2) is 54.4 Å². The summed E-state index contributed by atoms with van der Waals surface area (Å²) in [5.41, 5.74) is -0.0576. The molecule has 9 heteroatoms. The maximum atomic E-state index is 12.2. The second-order valence-corrected chi connectivity index (χ2v) is 4.90. The van der Waals surface area contributed by atoms with Gasteiger partial charge in [0.05, 0.1) is 19.8 Å². The fourth-order valence-corrected chi connectivity index (χ4v) is 2.12. The van der Waals surface area contributed by atoms with E-state index in [0.29, 0.717) is 0 Å². The van der Waals surface area contributed by atoms with Crippen molar-refractivity contribution in [3.8, 4) is 0 Å². The number of hydrogen-bond donors (Lipinski definition) is 3. The molecule has 1 amide bonds. The molecule has 0 atom stereocenters. The van der Waals surface area contributed by atoms with Gasteiger partial charge in [-0.05, 0) is 12.8 Å². The van der Waals surface area contributed by atoms with Crippen molar-refractivity contribution in [2.24, 2.45) is 0 Å². The fourth-order valence-electron chi connectivity index (χ4n) is 2.12. The molecule has 0 aliphatic heterocycles. The molecular formula is C15H19NO8. The molecule has 0 fully saturated rings. The zero-order chi connectivity index (χ0) is 18.3. The number of hydrogen-bond acceptors (Lipinski definition) is 7. The van der Waals surface area contributed by atoms with E-state index in [9.17, 15) is 24.3 Å². The average Bonchev–Trinajstić information content (AvgIpc) is 2.54. The molecule has 1 aliphatic carbocycles. The van der Waals surface area contributed by atoms with E-state index in [1.165, 1.54) is 7.11 Å². The Morgan fingerprint density at radius 3 is 2.21 bits per heavy atom. The molecule has 0 aromatic carbocycles. The molecule has 0 radical (unpaired) electrons.